The average molecular weight is 1410 g/mol. The number of benzene rings is 4. The predicted octanol–water partition coefficient (Wildman–Crippen LogP) is 6.95. The highest BCUT2D eigenvalue weighted by Gasteiger charge is 2.56. The number of nitrogens with zero attached hydrogens (tertiary/aromatic N) is 7. The van der Waals surface area contributed by atoms with Crippen LogP contribution in [0.4, 0.5) is 47.3 Å². The number of carbonyl (C=O) groups is 7. The third-order valence-electron chi connectivity index (χ3n) is 19.7. The molecule has 1 aliphatic carbocycles. The number of carboxylic acid groups (broad SMARTS) is 1. The van der Waals surface area contributed by atoms with E-state index in [1.54, 1.807) is 9.80 Å². The van der Waals surface area contributed by atoms with Gasteiger partial charge in [0.25, 0.3) is 30.1 Å². The SMILES string of the molecule is Cc1cc(N2C(=O)NC(=O)C23CCCCC3)cc(C)c1CCS(=O)(=O)N1CCC2(CC1)N=C(c1ccc(OC(F)(F)F)cc1)NC2=O.Cc1cc(N2C(=O)NC(=O)C23CCN(C)CC3)cc(C)c1CCS(=O)(=O)N1CCC2(CC1)N=C(c1ccc(OC(F)(F)F)cc1)NC2=O.O=CO. The zero-order chi connectivity index (χ0) is 71.1. The van der Waals surface area contributed by atoms with E-state index >= 15 is 0 Å². The van der Waals surface area contributed by atoms with Crippen LogP contribution in [0.2, 0.25) is 0 Å². The number of carbonyl (C=O) groups excluding carboxylic acids is 6. The fourth-order valence-corrected chi connectivity index (χ4v) is 17.4. The van der Waals surface area contributed by atoms with Gasteiger partial charge in [-0.15, -0.1) is 26.3 Å². The summed E-state index contributed by atoms with van der Waals surface area (Å²) >= 11 is 0. The lowest BCUT2D eigenvalue weighted by atomic mass is 9.80. The minimum Gasteiger partial charge on any atom is -0.483 e. The number of aliphatic imine (C=N–C) groups is 2. The van der Waals surface area contributed by atoms with Crippen molar-refractivity contribution in [1.29, 1.82) is 0 Å². The van der Waals surface area contributed by atoms with Crippen molar-refractivity contribution >= 4 is 85.3 Å². The molecule has 0 unspecified atom stereocenters. The van der Waals surface area contributed by atoms with Gasteiger partial charge in [0.15, 0.2) is 0 Å². The summed E-state index contributed by atoms with van der Waals surface area (Å²) in [7, 11) is -5.43. The molecule has 7 heterocycles. The summed E-state index contributed by atoms with van der Waals surface area (Å²) in [4.78, 5) is 100. The number of aryl methyl sites for hydroxylation is 4. The summed E-state index contributed by atoms with van der Waals surface area (Å²) in [6, 6.07) is 16.4. The minimum absolute atomic E-state index is 0.0805. The summed E-state index contributed by atoms with van der Waals surface area (Å²) in [5, 5.41) is 17.3. The number of sulfonamides is 2. The third kappa shape index (κ3) is 14.9. The first-order valence-corrected chi connectivity index (χ1v) is 35.1. The summed E-state index contributed by atoms with van der Waals surface area (Å²) in [6.07, 6.45) is -3.60. The van der Waals surface area contributed by atoms with Gasteiger partial charge in [-0.3, -0.25) is 54.4 Å². The Bertz CT molecular complexity index is 4060. The maximum absolute atomic E-state index is 13.5. The van der Waals surface area contributed by atoms with Crippen molar-refractivity contribution in [3.63, 3.8) is 0 Å². The Morgan fingerprint density at radius 2 is 0.827 bits per heavy atom. The molecule has 12 rings (SSSR count). The molecular formula is C65H75F6N11O14S2. The van der Waals surface area contributed by atoms with Gasteiger partial charge in [0.2, 0.25) is 20.0 Å². The number of nitrogens with one attached hydrogen (secondary N) is 4. The molecule has 4 spiro atoms. The molecule has 5 N–H and O–H groups in total. The first-order chi connectivity index (χ1) is 46.1. The summed E-state index contributed by atoms with van der Waals surface area (Å²) < 4.78 is 139. The van der Waals surface area contributed by atoms with Gasteiger partial charge in [-0.05, 0) is 205 Å². The van der Waals surface area contributed by atoms with Crippen LogP contribution >= 0.6 is 0 Å². The monoisotopic (exact) mass is 1410 g/mol. The number of hydrogen-bond acceptors (Lipinski definition) is 16. The van der Waals surface area contributed by atoms with Gasteiger partial charge in [-0.25, -0.2) is 35.0 Å². The fourth-order valence-electron chi connectivity index (χ4n) is 14.5. The van der Waals surface area contributed by atoms with Crippen molar-refractivity contribution in [2.45, 2.75) is 146 Å². The molecule has 8 aliphatic rings. The standard InChI is InChI=1S/C32H37F3N6O6S.C32H36F3N5O6S.CH2O2/c1-20-18-23(41-29(44)37-28(43)31(41)11-13-39(3)14-12-31)19-21(2)25(20)8-17-48(45,46)40-15-9-30(10-16-40)27(42)36-26(38-30)22-4-6-24(7-5-22)47-32(33,34)35;1-20-18-23(40-29(43)37-28(42)31(40)11-4-3-5-12-31)19-21(2)25(20)10-17-47(44,45)39-15-13-30(14-16-39)27(41)36-26(38-30)22-6-8-24(9-7-22)46-32(33,34)35;2-1-3/h4-7,18-19H,8-17H2,1-3H3,(H,36,38,42)(H,37,43,44);6-9,18-19H,3-5,10-17H2,1-2H3,(H,36,38,41)(H,37,42,43);1H,(H,2,3). The lowest BCUT2D eigenvalue weighted by Gasteiger charge is -2.41. The zero-order valence-corrected chi connectivity index (χ0v) is 56.0. The molecule has 0 bridgehead atoms. The molecule has 0 atom stereocenters. The normalized spacial score (nSPS) is 20.8. The molecule has 4 aromatic rings. The van der Waals surface area contributed by atoms with E-state index < -0.39 is 78.5 Å². The third-order valence-corrected chi connectivity index (χ3v) is 23.5. The molecule has 98 heavy (non-hydrogen) atoms. The number of piperidine rings is 3. The number of amidine groups is 2. The van der Waals surface area contributed by atoms with Gasteiger partial charge in [0.05, 0.1) is 11.5 Å². The van der Waals surface area contributed by atoms with E-state index in [2.05, 4.69) is 45.6 Å². The first kappa shape index (κ1) is 72.2. The number of halogens is 6. The topological polar surface area (TPSA) is 316 Å². The van der Waals surface area contributed by atoms with Crippen molar-refractivity contribution in [1.82, 2.24) is 34.8 Å². The van der Waals surface area contributed by atoms with E-state index in [-0.39, 0.29) is 118 Å². The molecule has 0 radical (unpaired) electrons. The van der Waals surface area contributed by atoms with Crippen LogP contribution in [-0.2, 0) is 56.9 Å². The Morgan fingerprint density at radius 3 is 1.15 bits per heavy atom. The van der Waals surface area contributed by atoms with Crippen LogP contribution in [0.15, 0.2) is 82.8 Å². The predicted molar refractivity (Wildman–Crippen MR) is 346 cm³/mol. The van der Waals surface area contributed by atoms with E-state index in [4.69, 9.17) is 9.90 Å². The molecule has 1 saturated carbocycles. The Labute approximate surface area is 561 Å². The largest absolute Gasteiger partial charge is 0.573 e. The number of ether oxygens (including phenoxy) is 2. The number of anilines is 2. The van der Waals surface area contributed by atoms with Crippen LogP contribution < -0.4 is 40.5 Å². The van der Waals surface area contributed by atoms with Crippen molar-refractivity contribution in [3.8, 4) is 11.5 Å². The molecule has 528 valence electrons. The fraction of sp³-hybridized carbons (Fsp3) is 0.492. The second-order valence-corrected chi connectivity index (χ2v) is 30.0. The van der Waals surface area contributed by atoms with Crippen molar-refractivity contribution < 1.29 is 91.3 Å². The zero-order valence-electron chi connectivity index (χ0n) is 54.3. The molecule has 4 aromatic carbocycles. The molecule has 33 heteroatoms. The quantitative estimate of drug-likeness (QED) is 0.0484. The number of alkyl halides is 6. The van der Waals surface area contributed by atoms with Gasteiger partial charge in [0.1, 0.15) is 45.3 Å². The summed E-state index contributed by atoms with van der Waals surface area (Å²) in [5.74, 6) is -2.01. The Hall–Kier alpha value is -8.53. The van der Waals surface area contributed by atoms with Gasteiger partial charge in [-0.1, -0.05) is 19.3 Å². The second-order valence-electron chi connectivity index (χ2n) is 25.8. The van der Waals surface area contributed by atoms with Crippen LogP contribution in [0, 0.1) is 27.7 Å². The van der Waals surface area contributed by atoms with E-state index in [9.17, 15) is 71.9 Å². The molecule has 5 saturated heterocycles. The average Bonchev–Trinajstić information content (AvgIpc) is 1.35. The number of likely N-dealkylation sites (tertiary alicyclic amines) is 1. The number of rotatable bonds is 14. The molecule has 8 amide bonds. The summed E-state index contributed by atoms with van der Waals surface area (Å²) in [6.45, 7) is 8.92. The smallest absolute Gasteiger partial charge is 0.483 e. The summed E-state index contributed by atoms with van der Waals surface area (Å²) in [5.41, 5.74) is 2.85. The lowest BCUT2D eigenvalue weighted by Crippen LogP contribution is -2.56. The van der Waals surface area contributed by atoms with Gasteiger partial charge in [0, 0.05) is 61.8 Å². The number of amides is 8. The van der Waals surface area contributed by atoms with Crippen LogP contribution in [0.5, 0.6) is 11.5 Å². The van der Waals surface area contributed by atoms with Crippen molar-refractivity contribution in [2.24, 2.45) is 9.98 Å². The minimum atomic E-state index is -4.83. The second kappa shape index (κ2) is 27.6. The Morgan fingerprint density at radius 1 is 0.500 bits per heavy atom. The molecule has 0 aromatic heterocycles. The van der Waals surface area contributed by atoms with E-state index in [1.807, 2.05) is 59.0 Å². The lowest BCUT2D eigenvalue weighted by molar-refractivity contribution is -0.275. The van der Waals surface area contributed by atoms with Crippen LogP contribution in [0.1, 0.15) is 115 Å². The maximum Gasteiger partial charge on any atom is 0.573 e. The molecule has 25 nitrogen and oxygen atoms in total. The van der Waals surface area contributed by atoms with Gasteiger partial charge in [-0.2, -0.15) is 0 Å². The van der Waals surface area contributed by atoms with E-state index in [1.165, 1.54) is 32.9 Å². The van der Waals surface area contributed by atoms with Crippen LogP contribution in [0.3, 0.4) is 0 Å². The first-order valence-electron chi connectivity index (χ1n) is 31.8. The van der Waals surface area contributed by atoms with Crippen LogP contribution in [0.25, 0.3) is 0 Å². The Balaban J connectivity index is 0.000000204. The van der Waals surface area contributed by atoms with Crippen molar-refractivity contribution in [3.05, 3.63) is 117 Å². The number of hydrogen-bond donors (Lipinski definition) is 5. The highest BCUT2D eigenvalue weighted by atomic mass is 32.2. The van der Waals surface area contributed by atoms with Gasteiger partial charge >= 0.3 is 24.8 Å². The maximum atomic E-state index is 13.5. The van der Waals surface area contributed by atoms with Gasteiger partial charge < -0.3 is 30.1 Å². The number of imide groups is 2. The molecule has 6 fully saturated rings. The van der Waals surface area contributed by atoms with Crippen molar-refractivity contribution in [2.75, 3.05) is 67.6 Å². The highest BCUT2D eigenvalue weighted by molar-refractivity contribution is 7.89. The number of urea groups is 2. The Kier molecular flexibility index (Phi) is 20.4. The van der Waals surface area contributed by atoms with Crippen LogP contribution in [-0.4, -0.2) is 182 Å². The highest BCUT2D eigenvalue weighted by Crippen LogP contribution is 2.43. The van der Waals surface area contributed by atoms with E-state index in [0.717, 1.165) is 76.9 Å². The molecular weight excluding hydrogens is 1340 g/mol. The van der Waals surface area contributed by atoms with E-state index in [0.29, 0.717) is 61.3 Å². The molecule has 7 aliphatic heterocycles.